The average molecular weight is 314 g/mol. The molecule has 0 saturated heterocycles. The molecule has 0 unspecified atom stereocenters. The first kappa shape index (κ1) is 16.5. The minimum atomic E-state index is -1.45. The zero-order chi connectivity index (χ0) is 16.7. The molecule has 0 aliphatic heterocycles. The van der Waals surface area contributed by atoms with Crippen molar-refractivity contribution in [2.75, 3.05) is 6.61 Å². The molecule has 2 aromatic rings. The summed E-state index contributed by atoms with van der Waals surface area (Å²) in [6, 6.07) is 16.8. The summed E-state index contributed by atoms with van der Waals surface area (Å²) in [6.45, 7) is 0.495. The summed E-state index contributed by atoms with van der Waals surface area (Å²) in [6.07, 6.45) is 0.693. The number of aliphatic carboxylic acids is 2. The monoisotopic (exact) mass is 314 g/mol. The molecule has 0 bridgehead atoms. The van der Waals surface area contributed by atoms with Crippen LogP contribution in [0.2, 0.25) is 0 Å². The molecular weight excluding hydrogens is 296 g/mol. The van der Waals surface area contributed by atoms with E-state index >= 15 is 0 Å². The van der Waals surface area contributed by atoms with Crippen LogP contribution in [0.15, 0.2) is 54.6 Å². The molecule has 2 N–H and O–H groups in total. The van der Waals surface area contributed by atoms with Gasteiger partial charge in [0.25, 0.3) is 0 Å². The molecule has 2 aromatic carbocycles. The lowest BCUT2D eigenvalue weighted by Gasteiger charge is -2.10. The largest absolute Gasteiger partial charge is 0.493 e. The van der Waals surface area contributed by atoms with Crippen LogP contribution in [0.4, 0.5) is 0 Å². The molecular formula is C18H18O5. The lowest BCUT2D eigenvalue weighted by atomic mass is 9.99. The number of hydrogen-bond donors (Lipinski definition) is 2. The Balaban J connectivity index is 1.94. The molecule has 2 rings (SSSR count). The Labute approximate surface area is 134 Å². The summed E-state index contributed by atoms with van der Waals surface area (Å²) in [5, 5.41) is 17.9. The normalized spacial score (nSPS) is 10.5. The third-order valence-corrected chi connectivity index (χ3v) is 3.44. The van der Waals surface area contributed by atoms with Crippen molar-refractivity contribution in [1.29, 1.82) is 0 Å². The van der Waals surface area contributed by atoms with Crippen LogP contribution in [0.3, 0.4) is 0 Å². The minimum absolute atomic E-state index is 0.0689. The Hall–Kier alpha value is -2.82. The van der Waals surface area contributed by atoms with E-state index in [1.807, 2.05) is 30.3 Å². The van der Waals surface area contributed by atoms with Gasteiger partial charge in [0.15, 0.2) is 5.92 Å². The molecule has 0 aromatic heterocycles. The van der Waals surface area contributed by atoms with Crippen LogP contribution in [0.25, 0.3) is 0 Å². The standard InChI is InChI=1S/C18H18O5/c19-17(20)16(18(21)22)12-14-7-4-8-15(11-14)23-10-9-13-5-2-1-3-6-13/h1-8,11,16H,9-10,12H2,(H,19,20)(H,21,22). The van der Waals surface area contributed by atoms with E-state index in [1.54, 1.807) is 24.3 Å². The van der Waals surface area contributed by atoms with Gasteiger partial charge in [-0.2, -0.15) is 0 Å². The molecule has 5 heteroatoms. The second-order valence-corrected chi connectivity index (χ2v) is 5.16. The molecule has 0 aliphatic carbocycles. The fourth-order valence-electron chi connectivity index (χ4n) is 2.21. The van der Waals surface area contributed by atoms with Gasteiger partial charge in [0.05, 0.1) is 6.61 Å². The molecule has 0 saturated carbocycles. The number of rotatable bonds is 8. The molecule has 0 radical (unpaired) electrons. The van der Waals surface area contributed by atoms with E-state index in [9.17, 15) is 9.59 Å². The molecule has 0 heterocycles. The van der Waals surface area contributed by atoms with E-state index in [0.717, 1.165) is 6.42 Å². The Morgan fingerprint density at radius 3 is 2.22 bits per heavy atom. The molecule has 5 nitrogen and oxygen atoms in total. The van der Waals surface area contributed by atoms with Gasteiger partial charge in [-0.25, -0.2) is 0 Å². The fraction of sp³-hybridized carbons (Fsp3) is 0.222. The van der Waals surface area contributed by atoms with E-state index in [-0.39, 0.29) is 6.42 Å². The van der Waals surface area contributed by atoms with Gasteiger partial charge >= 0.3 is 11.9 Å². The van der Waals surface area contributed by atoms with Crippen LogP contribution < -0.4 is 4.74 Å². The van der Waals surface area contributed by atoms with Gasteiger partial charge in [0.1, 0.15) is 5.75 Å². The van der Waals surface area contributed by atoms with Gasteiger partial charge in [0, 0.05) is 6.42 Å². The predicted octanol–water partition coefficient (Wildman–Crippen LogP) is 2.64. The number of carbonyl (C=O) groups is 2. The zero-order valence-corrected chi connectivity index (χ0v) is 12.5. The number of carboxylic acid groups (broad SMARTS) is 2. The lowest BCUT2D eigenvalue weighted by Crippen LogP contribution is -2.25. The van der Waals surface area contributed by atoms with Crippen LogP contribution in [0.5, 0.6) is 5.75 Å². The van der Waals surface area contributed by atoms with Crippen LogP contribution in [0, 0.1) is 5.92 Å². The van der Waals surface area contributed by atoms with Crippen molar-refractivity contribution < 1.29 is 24.5 Å². The number of ether oxygens (including phenoxy) is 1. The van der Waals surface area contributed by atoms with Crippen LogP contribution in [-0.4, -0.2) is 28.8 Å². The highest BCUT2D eigenvalue weighted by Gasteiger charge is 2.25. The zero-order valence-electron chi connectivity index (χ0n) is 12.5. The van der Waals surface area contributed by atoms with E-state index in [4.69, 9.17) is 14.9 Å². The quantitative estimate of drug-likeness (QED) is 0.732. The summed E-state index contributed by atoms with van der Waals surface area (Å²) in [5.41, 5.74) is 1.79. The summed E-state index contributed by atoms with van der Waals surface area (Å²) in [4.78, 5) is 21.9. The Morgan fingerprint density at radius 1 is 0.913 bits per heavy atom. The van der Waals surface area contributed by atoms with Crippen molar-refractivity contribution in [3.05, 3.63) is 65.7 Å². The second kappa shape index (κ2) is 7.98. The maximum Gasteiger partial charge on any atom is 0.318 e. The van der Waals surface area contributed by atoms with Gasteiger partial charge < -0.3 is 14.9 Å². The van der Waals surface area contributed by atoms with E-state index in [0.29, 0.717) is 17.9 Å². The van der Waals surface area contributed by atoms with Crippen LogP contribution in [-0.2, 0) is 22.4 Å². The third-order valence-electron chi connectivity index (χ3n) is 3.44. The van der Waals surface area contributed by atoms with Gasteiger partial charge in [0.2, 0.25) is 0 Å². The highest BCUT2D eigenvalue weighted by molar-refractivity contribution is 5.93. The van der Waals surface area contributed by atoms with Gasteiger partial charge in [-0.1, -0.05) is 42.5 Å². The summed E-state index contributed by atoms with van der Waals surface area (Å²) in [5.74, 6) is -3.52. The highest BCUT2D eigenvalue weighted by Crippen LogP contribution is 2.17. The maximum absolute atomic E-state index is 10.9. The van der Waals surface area contributed by atoms with Crippen molar-refractivity contribution in [2.24, 2.45) is 5.92 Å². The van der Waals surface area contributed by atoms with Crippen molar-refractivity contribution in [3.63, 3.8) is 0 Å². The van der Waals surface area contributed by atoms with Gasteiger partial charge in [-0.3, -0.25) is 9.59 Å². The maximum atomic E-state index is 10.9. The number of benzene rings is 2. The average Bonchev–Trinajstić information content (AvgIpc) is 2.53. The summed E-state index contributed by atoms with van der Waals surface area (Å²) >= 11 is 0. The number of hydrogen-bond acceptors (Lipinski definition) is 3. The lowest BCUT2D eigenvalue weighted by molar-refractivity contribution is -0.154. The van der Waals surface area contributed by atoms with E-state index < -0.39 is 17.9 Å². The second-order valence-electron chi connectivity index (χ2n) is 5.16. The summed E-state index contributed by atoms with van der Waals surface area (Å²) < 4.78 is 5.66. The van der Waals surface area contributed by atoms with Crippen LogP contribution in [0.1, 0.15) is 11.1 Å². The van der Waals surface area contributed by atoms with Crippen molar-refractivity contribution >= 4 is 11.9 Å². The third kappa shape index (κ3) is 5.14. The van der Waals surface area contributed by atoms with Crippen LogP contribution >= 0.6 is 0 Å². The predicted molar refractivity (Wildman–Crippen MR) is 84.5 cm³/mol. The molecule has 0 spiro atoms. The van der Waals surface area contributed by atoms with Crippen molar-refractivity contribution in [2.45, 2.75) is 12.8 Å². The first-order chi connectivity index (χ1) is 11.1. The topological polar surface area (TPSA) is 83.8 Å². The molecule has 0 amide bonds. The first-order valence-electron chi connectivity index (χ1n) is 7.27. The van der Waals surface area contributed by atoms with Crippen molar-refractivity contribution in [1.82, 2.24) is 0 Å². The molecule has 23 heavy (non-hydrogen) atoms. The number of carboxylic acids is 2. The first-order valence-corrected chi connectivity index (χ1v) is 7.27. The molecule has 120 valence electrons. The summed E-state index contributed by atoms with van der Waals surface area (Å²) in [7, 11) is 0. The fourth-order valence-corrected chi connectivity index (χ4v) is 2.21. The van der Waals surface area contributed by atoms with E-state index in [2.05, 4.69) is 0 Å². The Morgan fingerprint density at radius 2 is 1.57 bits per heavy atom. The van der Waals surface area contributed by atoms with Gasteiger partial charge in [-0.05, 0) is 29.7 Å². The smallest absolute Gasteiger partial charge is 0.318 e. The SMILES string of the molecule is O=C(O)C(Cc1cccc(OCCc2ccccc2)c1)C(=O)O. The molecule has 0 atom stereocenters. The molecule has 0 fully saturated rings. The van der Waals surface area contributed by atoms with Gasteiger partial charge in [-0.15, -0.1) is 0 Å². The highest BCUT2D eigenvalue weighted by atomic mass is 16.5. The van der Waals surface area contributed by atoms with E-state index in [1.165, 1.54) is 5.56 Å². The molecule has 0 aliphatic rings. The Bertz CT molecular complexity index is 652. The Kier molecular flexibility index (Phi) is 5.74. The van der Waals surface area contributed by atoms with Crippen molar-refractivity contribution in [3.8, 4) is 5.75 Å². The minimum Gasteiger partial charge on any atom is -0.493 e.